The van der Waals surface area contributed by atoms with E-state index in [4.69, 9.17) is 4.42 Å². The Hall–Kier alpha value is -2.18. The molecule has 2 heterocycles. The van der Waals surface area contributed by atoms with Crippen LogP contribution in [0.5, 0.6) is 0 Å². The van der Waals surface area contributed by atoms with Crippen molar-refractivity contribution in [2.24, 2.45) is 0 Å². The van der Waals surface area contributed by atoms with E-state index in [0.29, 0.717) is 24.2 Å². The molecule has 1 aromatic carbocycles. The standard InChI is InChI=1S/C24H34N4O2/c1-24(2,3)19-7-5-18(6-8-19)15-28(20-9-10-20)16-22-25-21(17-30-22)23(29)27-13-11-26(4)12-14-27/h5-8,17,20H,9-16H2,1-4H3. The van der Waals surface area contributed by atoms with Crippen molar-refractivity contribution < 1.29 is 9.21 Å². The van der Waals surface area contributed by atoms with E-state index in [1.54, 1.807) is 0 Å². The quantitative estimate of drug-likeness (QED) is 0.729. The predicted molar refractivity (Wildman–Crippen MR) is 117 cm³/mol. The first-order chi connectivity index (χ1) is 14.3. The molecular weight excluding hydrogens is 376 g/mol. The topological polar surface area (TPSA) is 52.8 Å². The Kier molecular flexibility index (Phi) is 5.98. The highest BCUT2D eigenvalue weighted by molar-refractivity contribution is 5.92. The molecule has 1 saturated carbocycles. The zero-order chi connectivity index (χ0) is 21.3. The first kappa shape index (κ1) is 21.1. The molecule has 1 saturated heterocycles. The molecule has 6 nitrogen and oxygen atoms in total. The fraction of sp³-hybridized carbons (Fsp3) is 0.583. The molecule has 2 aliphatic rings. The molecule has 0 N–H and O–H groups in total. The average Bonchev–Trinajstić information content (AvgIpc) is 3.46. The number of oxazole rings is 1. The number of benzene rings is 1. The van der Waals surface area contributed by atoms with Crippen LogP contribution in [0.15, 0.2) is 34.9 Å². The molecular formula is C24H34N4O2. The predicted octanol–water partition coefficient (Wildman–Crippen LogP) is 3.52. The fourth-order valence-corrected chi connectivity index (χ4v) is 3.93. The minimum absolute atomic E-state index is 0.0196. The van der Waals surface area contributed by atoms with Crippen LogP contribution >= 0.6 is 0 Å². The second kappa shape index (κ2) is 8.52. The molecule has 0 spiro atoms. The van der Waals surface area contributed by atoms with Gasteiger partial charge in [-0.15, -0.1) is 0 Å². The highest BCUT2D eigenvalue weighted by Crippen LogP contribution is 2.30. The highest BCUT2D eigenvalue weighted by Gasteiger charge is 2.31. The maximum atomic E-state index is 12.7. The van der Waals surface area contributed by atoms with Crippen LogP contribution in [0.3, 0.4) is 0 Å². The smallest absolute Gasteiger partial charge is 0.275 e. The maximum absolute atomic E-state index is 12.7. The van der Waals surface area contributed by atoms with Crippen molar-refractivity contribution in [3.05, 3.63) is 53.2 Å². The van der Waals surface area contributed by atoms with Gasteiger partial charge in [-0.2, -0.15) is 0 Å². The van der Waals surface area contributed by atoms with Gasteiger partial charge in [-0.3, -0.25) is 9.69 Å². The molecule has 0 bridgehead atoms. The lowest BCUT2D eigenvalue weighted by Gasteiger charge is -2.31. The third kappa shape index (κ3) is 5.10. The van der Waals surface area contributed by atoms with Crippen LogP contribution in [0.1, 0.15) is 61.1 Å². The zero-order valence-corrected chi connectivity index (χ0v) is 18.7. The first-order valence-corrected chi connectivity index (χ1v) is 11.1. The Morgan fingerprint density at radius 1 is 1.10 bits per heavy atom. The summed E-state index contributed by atoms with van der Waals surface area (Å²) in [5.41, 5.74) is 3.25. The van der Waals surface area contributed by atoms with Crippen molar-refractivity contribution in [2.75, 3.05) is 33.2 Å². The number of nitrogens with zero attached hydrogens (tertiary/aromatic N) is 4. The van der Waals surface area contributed by atoms with E-state index in [9.17, 15) is 4.79 Å². The van der Waals surface area contributed by atoms with Gasteiger partial charge < -0.3 is 14.2 Å². The molecule has 1 aliphatic carbocycles. The molecule has 30 heavy (non-hydrogen) atoms. The van der Waals surface area contributed by atoms with Gasteiger partial charge in [0.15, 0.2) is 5.69 Å². The van der Waals surface area contributed by atoms with Gasteiger partial charge in [0.1, 0.15) is 6.26 Å². The lowest BCUT2D eigenvalue weighted by atomic mass is 9.87. The molecule has 2 aromatic rings. The molecule has 1 aliphatic heterocycles. The van der Waals surface area contributed by atoms with Crippen molar-refractivity contribution in [2.45, 2.75) is 58.2 Å². The Labute approximate surface area is 179 Å². The molecule has 2 fully saturated rings. The Morgan fingerprint density at radius 3 is 2.37 bits per heavy atom. The Balaban J connectivity index is 1.39. The summed E-state index contributed by atoms with van der Waals surface area (Å²) >= 11 is 0. The van der Waals surface area contributed by atoms with Gasteiger partial charge in [0.2, 0.25) is 5.89 Å². The summed E-state index contributed by atoms with van der Waals surface area (Å²) in [5, 5.41) is 0. The van der Waals surface area contributed by atoms with Gasteiger partial charge >= 0.3 is 0 Å². The zero-order valence-electron chi connectivity index (χ0n) is 18.7. The van der Waals surface area contributed by atoms with Crippen LogP contribution in [0.2, 0.25) is 0 Å². The van der Waals surface area contributed by atoms with Crippen molar-refractivity contribution in [3.8, 4) is 0 Å². The van der Waals surface area contributed by atoms with Gasteiger partial charge in [0, 0.05) is 38.8 Å². The van der Waals surface area contributed by atoms with Gasteiger partial charge in [-0.1, -0.05) is 45.0 Å². The van der Waals surface area contributed by atoms with E-state index < -0.39 is 0 Å². The summed E-state index contributed by atoms with van der Waals surface area (Å²) in [6.07, 6.45) is 3.96. The molecule has 0 unspecified atom stereocenters. The molecule has 1 amide bonds. The molecule has 1 aromatic heterocycles. The number of carbonyl (C=O) groups excluding carboxylic acids is 1. The number of likely N-dealkylation sites (N-methyl/N-ethyl adjacent to an activating group) is 1. The van der Waals surface area contributed by atoms with Gasteiger partial charge in [0.25, 0.3) is 5.91 Å². The first-order valence-electron chi connectivity index (χ1n) is 11.1. The van der Waals surface area contributed by atoms with E-state index in [-0.39, 0.29) is 11.3 Å². The van der Waals surface area contributed by atoms with Crippen molar-refractivity contribution >= 4 is 5.91 Å². The SMILES string of the molecule is CN1CCN(C(=O)c2coc(CN(Cc3ccc(C(C)(C)C)cc3)C3CC3)n2)CC1. The van der Waals surface area contributed by atoms with Gasteiger partial charge in [-0.25, -0.2) is 4.98 Å². The van der Waals surface area contributed by atoms with Crippen LogP contribution in [-0.4, -0.2) is 64.9 Å². The Bertz CT molecular complexity index is 856. The summed E-state index contributed by atoms with van der Waals surface area (Å²) in [5.74, 6) is 0.611. The fourth-order valence-electron chi connectivity index (χ4n) is 3.93. The monoisotopic (exact) mass is 410 g/mol. The lowest BCUT2D eigenvalue weighted by Crippen LogP contribution is -2.47. The van der Waals surface area contributed by atoms with E-state index in [1.807, 2.05) is 4.90 Å². The van der Waals surface area contributed by atoms with E-state index in [2.05, 4.69) is 66.9 Å². The van der Waals surface area contributed by atoms with Crippen molar-refractivity contribution in [3.63, 3.8) is 0 Å². The average molecular weight is 411 g/mol. The summed E-state index contributed by atoms with van der Waals surface area (Å²) in [6.45, 7) is 11.5. The normalized spacial score (nSPS) is 18.2. The summed E-state index contributed by atoms with van der Waals surface area (Å²) in [4.78, 5) is 23.8. The number of hydrogen-bond donors (Lipinski definition) is 0. The lowest BCUT2D eigenvalue weighted by molar-refractivity contribution is 0.0658. The number of rotatable bonds is 6. The third-order valence-corrected chi connectivity index (χ3v) is 6.17. The molecule has 6 heteroatoms. The van der Waals surface area contributed by atoms with Crippen LogP contribution in [0.4, 0.5) is 0 Å². The molecule has 4 rings (SSSR count). The van der Waals surface area contributed by atoms with E-state index in [0.717, 1.165) is 32.7 Å². The second-order valence-electron chi connectivity index (χ2n) is 9.81. The second-order valence-corrected chi connectivity index (χ2v) is 9.81. The van der Waals surface area contributed by atoms with Crippen molar-refractivity contribution in [1.82, 2.24) is 19.7 Å². The molecule has 0 radical (unpaired) electrons. The summed E-state index contributed by atoms with van der Waals surface area (Å²) < 4.78 is 5.70. The number of hydrogen-bond acceptors (Lipinski definition) is 5. The Morgan fingerprint density at radius 2 is 1.77 bits per heavy atom. The van der Waals surface area contributed by atoms with Crippen LogP contribution < -0.4 is 0 Å². The largest absolute Gasteiger partial charge is 0.447 e. The molecule has 162 valence electrons. The van der Waals surface area contributed by atoms with Gasteiger partial charge in [-0.05, 0) is 36.4 Å². The van der Waals surface area contributed by atoms with E-state index in [1.165, 1.54) is 30.2 Å². The van der Waals surface area contributed by atoms with Crippen LogP contribution in [0.25, 0.3) is 0 Å². The van der Waals surface area contributed by atoms with Crippen molar-refractivity contribution in [1.29, 1.82) is 0 Å². The number of carbonyl (C=O) groups is 1. The van der Waals surface area contributed by atoms with Crippen LogP contribution in [0, 0.1) is 0 Å². The number of piperazine rings is 1. The minimum Gasteiger partial charge on any atom is -0.447 e. The summed E-state index contributed by atoms with van der Waals surface area (Å²) in [6, 6.07) is 9.51. The number of aromatic nitrogens is 1. The third-order valence-electron chi connectivity index (χ3n) is 6.17. The molecule has 0 atom stereocenters. The summed E-state index contributed by atoms with van der Waals surface area (Å²) in [7, 11) is 2.08. The maximum Gasteiger partial charge on any atom is 0.275 e. The highest BCUT2D eigenvalue weighted by atomic mass is 16.3. The van der Waals surface area contributed by atoms with Gasteiger partial charge in [0.05, 0.1) is 6.54 Å². The minimum atomic E-state index is -0.0196. The van der Waals surface area contributed by atoms with E-state index >= 15 is 0 Å². The number of amides is 1. The van der Waals surface area contributed by atoms with Crippen LogP contribution in [-0.2, 0) is 18.5 Å².